The first-order chi connectivity index (χ1) is 15.0. The highest BCUT2D eigenvalue weighted by Crippen LogP contribution is 2.22. The van der Waals surface area contributed by atoms with Crippen molar-refractivity contribution in [3.8, 4) is 0 Å². The van der Waals surface area contributed by atoms with Gasteiger partial charge >= 0.3 is 0 Å². The van der Waals surface area contributed by atoms with Gasteiger partial charge in [-0.15, -0.1) is 0 Å². The summed E-state index contributed by atoms with van der Waals surface area (Å²) in [6, 6.07) is 12.6. The van der Waals surface area contributed by atoms with E-state index in [4.69, 9.17) is 9.97 Å². The molecule has 1 saturated heterocycles. The first kappa shape index (κ1) is 24.4. The molecule has 0 atom stereocenters. The van der Waals surface area contributed by atoms with Crippen LogP contribution in [0, 0.1) is 0 Å². The number of aromatic nitrogens is 2. The number of hydrogen-bond acceptors (Lipinski definition) is 6. The first-order valence-corrected chi connectivity index (χ1v) is 11.1. The van der Waals surface area contributed by atoms with Crippen molar-refractivity contribution in [2.45, 2.75) is 34.2 Å². The van der Waals surface area contributed by atoms with Crippen LogP contribution in [-0.2, 0) is 6.54 Å². The van der Waals surface area contributed by atoms with Crippen molar-refractivity contribution in [1.82, 2.24) is 14.9 Å². The van der Waals surface area contributed by atoms with Gasteiger partial charge in [0.2, 0.25) is 5.95 Å². The molecular formula is C25H38N6. The van der Waals surface area contributed by atoms with Crippen molar-refractivity contribution in [3.05, 3.63) is 65.9 Å². The Bertz CT molecular complexity index is 852. The van der Waals surface area contributed by atoms with Gasteiger partial charge in [-0.25, -0.2) is 0 Å². The molecule has 2 aromatic rings. The smallest absolute Gasteiger partial charge is 0.229 e. The van der Waals surface area contributed by atoms with Crippen LogP contribution in [0.5, 0.6) is 0 Å². The van der Waals surface area contributed by atoms with Crippen molar-refractivity contribution >= 4 is 17.6 Å². The number of nitrogens with one attached hydrogen (secondary N) is 1. The molecule has 0 bridgehead atoms. The lowest BCUT2D eigenvalue weighted by atomic mass is 10.2. The number of allylic oxidation sites excluding steroid dienone is 3. The van der Waals surface area contributed by atoms with E-state index < -0.39 is 0 Å². The number of anilines is 3. The van der Waals surface area contributed by atoms with E-state index in [1.165, 1.54) is 5.56 Å². The van der Waals surface area contributed by atoms with Crippen molar-refractivity contribution in [2.75, 3.05) is 55.4 Å². The van der Waals surface area contributed by atoms with Crippen LogP contribution in [0.25, 0.3) is 0 Å². The number of piperazine rings is 1. The third-order valence-corrected chi connectivity index (χ3v) is 5.28. The average Bonchev–Trinajstić information content (AvgIpc) is 2.80. The molecule has 6 nitrogen and oxygen atoms in total. The maximum atomic E-state index is 4.80. The Kier molecular flexibility index (Phi) is 9.53. The molecule has 1 aromatic carbocycles. The molecule has 6 heteroatoms. The first-order valence-electron chi connectivity index (χ1n) is 11.1. The predicted molar refractivity (Wildman–Crippen MR) is 134 cm³/mol. The SMILES string of the molecule is C=CC(C)=C(C)Nc1cc(N(C)C)nc(N2CCN(Cc3ccccc3)CC2)n1.CC. The highest BCUT2D eigenvalue weighted by atomic mass is 15.3. The Morgan fingerprint density at radius 1 is 1.06 bits per heavy atom. The summed E-state index contributed by atoms with van der Waals surface area (Å²) in [5, 5.41) is 3.40. The van der Waals surface area contributed by atoms with Crippen LogP contribution < -0.4 is 15.1 Å². The van der Waals surface area contributed by atoms with Gasteiger partial charge in [0.15, 0.2) is 0 Å². The number of nitrogens with zero attached hydrogens (tertiary/aromatic N) is 5. The van der Waals surface area contributed by atoms with Gasteiger partial charge in [-0.05, 0) is 25.0 Å². The van der Waals surface area contributed by atoms with Crippen LogP contribution in [0.15, 0.2) is 60.3 Å². The lowest BCUT2D eigenvalue weighted by Gasteiger charge is -2.35. The standard InChI is InChI=1S/C23H32N6.C2H6/c1-6-18(2)19(3)24-21-16-22(27(4)5)26-23(25-21)29-14-12-28(13-15-29)17-20-10-8-7-9-11-20;1-2/h6-11,16H,1,12-15,17H2,2-5H3,(H,24,25,26);1-2H3. The Balaban J connectivity index is 0.00000166. The second kappa shape index (κ2) is 12.1. The molecule has 2 heterocycles. The third-order valence-electron chi connectivity index (χ3n) is 5.28. The van der Waals surface area contributed by atoms with Crippen LogP contribution >= 0.6 is 0 Å². The summed E-state index contributed by atoms with van der Waals surface area (Å²) in [6.07, 6.45) is 1.85. The summed E-state index contributed by atoms with van der Waals surface area (Å²) in [5.74, 6) is 2.49. The Labute approximate surface area is 188 Å². The van der Waals surface area contributed by atoms with Gasteiger partial charge in [0.05, 0.1) is 0 Å². The van der Waals surface area contributed by atoms with Gasteiger partial charge in [0.1, 0.15) is 11.6 Å². The van der Waals surface area contributed by atoms with Crippen LogP contribution in [0.4, 0.5) is 17.6 Å². The zero-order chi connectivity index (χ0) is 22.8. The van der Waals surface area contributed by atoms with E-state index in [0.29, 0.717) is 0 Å². The molecule has 0 saturated carbocycles. The summed E-state index contributed by atoms with van der Waals surface area (Å²) in [5.41, 5.74) is 3.51. The van der Waals surface area contributed by atoms with Gasteiger partial charge in [-0.2, -0.15) is 9.97 Å². The van der Waals surface area contributed by atoms with Crippen molar-refractivity contribution in [1.29, 1.82) is 0 Å². The molecule has 1 aliphatic rings. The van der Waals surface area contributed by atoms with E-state index in [9.17, 15) is 0 Å². The van der Waals surface area contributed by atoms with Gasteiger partial charge in [0.25, 0.3) is 0 Å². The van der Waals surface area contributed by atoms with E-state index in [-0.39, 0.29) is 0 Å². The highest BCUT2D eigenvalue weighted by molar-refractivity contribution is 5.56. The quantitative estimate of drug-likeness (QED) is 0.648. The van der Waals surface area contributed by atoms with E-state index >= 15 is 0 Å². The molecule has 1 aliphatic heterocycles. The van der Waals surface area contributed by atoms with Crippen LogP contribution in [0.3, 0.4) is 0 Å². The second-order valence-corrected chi connectivity index (χ2v) is 7.69. The zero-order valence-corrected chi connectivity index (χ0v) is 20.0. The van der Waals surface area contributed by atoms with Gasteiger partial charge in [-0.3, -0.25) is 4.90 Å². The maximum Gasteiger partial charge on any atom is 0.229 e. The number of rotatable bonds is 7. The number of hydrogen-bond donors (Lipinski definition) is 1. The fourth-order valence-electron chi connectivity index (χ4n) is 3.25. The van der Waals surface area contributed by atoms with Crippen LogP contribution in [-0.4, -0.2) is 55.1 Å². The topological polar surface area (TPSA) is 47.5 Å². The molecule has 0 unspecified atom stereocenters. The highest BCUT2D eigenvalue weighted by Gasteiger charge is 2.20. The largest absolute Gasteiger partial charge is 0.363 e. The van der Waals surface area contributed by atoms with Crippen molar-refractivity contribution in [3.63, 3.8) is 0 Å². The van der Waals surface area contributed by atoms with E-state index in [0.717, 1.165) is 61.6 Å². The summed E-state index contributed by atoms with van der Waals surface area (Å²) < 4.78 is 0. The molecule has 0 radical (unpaired) electrons. The fraction of sp³-hybridized carbons (Fsp3) is 0.440. The third kappa shape index (κ3) is 7.10. The van der Waals surface area contributed by atoms with E-state index in [1.807, 2.05) is 58.8 Å². The summed E-state index contributed by atoms with van der Waals surface area (Å²) in [4.78, 5) is 16.4. The van der Waals surface area contributed by atoms with Crippen molar-refractivity contribution < 1.29 is 0 Å². The summed E-state index contributed by atoms with van der Waals surface area (Å²) in [7, 11) is 4.01. The molecule has 0 aliphatic carbocycles. The molecule has 31 heavy (non-hydrogen) atoms. The van der Waals surface area contributed by atoms with E-state index in [2.05, 4.69) is 52.0 Å². The molecule has 1 N–H and O–H groups in total. The maximum absolute atomic E-state index is 4.80. The monoisotopic (exact) mass is 422 g/mol. The summed E-state index contributed by atoms with van der Waals surface area (Å²) >= 11 is 0. The van der Waals surface area contributed by atoms with Crippen LogP contribution in [0.2, 0.25) is 0 Å². The molecule has 1 fully saturated rings. The lowest BCUT2D eigenvalue weighted by molar-refractivity contribution is 0.249. The molecule has 1 aromatic heterocycles. The molecule has 0 spiro atoms. The Morgan fingerprint density at radius 2 is 1.71 bits per heavy atom. The van der Waals surface area contributed by atoms with Crippen molar-refractivity contribution in [2.24, 2.45) is 0 Å². The summed E-state index contributed by atoms with van der Waals surface area (Å²) in [6.45, 7) is 16.8. The molecule has 0 amide bonds. The second-order valence-electron chi connectivity index (χ2n) is 7.69. The van der Waals surface area contributed by atoms with Gasteiger partial charge in [0, 0.05) is 58.6 Å². The van der Waals surface area contributed by atoms with Gasteiger partial charge in [-0.1, -0.05) is 56.8 Å². The predicted octanol–water partition coefficient (Wildman–Crippen LogP) is 4.78. The zero-order valence-electron chi connectivity index (χ0n) is 20.0. The minimum absolute atomic E-state index is 0.780. The Morgan fingerprint density at radius 3 is 2.29 bits per heavy atom. The molecule has 168 valence electrons. The Hall–Kier alpha value is -2.86. The fourth-order valence-corrected chi connectivity index (χ4v) is 3.25. The minimum atomic E-state index is 0.780. The lowest BCUT2D eigenvalue weighted by Crippen LogP contribution is -2.46. The minimum Gasteiger partial charge on any atom is -0.363 e. The number of benzene rings is 1. The molecular weight excluding hydrogens is 384 g/mol. The van der Waals surface area contributed by atoms with Gasteiger partial charge < -0.3 is 15.1 Å². The molecule has 3 rings (SSSR count). The van der Waals surface area contributed by atoms with Crippen LogP contribution in [0.1, 0.15) is 33.3 Å². The normalized spacial score (nSPS) is 14.8. The van der Waals surface area contributed by atoms with E-state index in [1.54, 1.807) is 0 Å². The average molecular weight is 423 g/mol.